The van der Waals surface area contributed by atoms with Crippen molar-refractivity contribution in [3.05, 3.63) is 59.2 Å². The molecule has 2 rings (SSSR count). The van der Waals surface area contributed by atoms with Crippen molar-refractivity contribution < 1.29 is 13.9 Å². The summed E-state index contributed by atoms with van der Waals surface area (Å²) in [5, 5.41) is 0. The Morgan fingerprint density at radius 3 is 2.89 bits per heavy atom. The number of nitrogen functional groups attached to an aromatic ring is 1. The Hall–Kier alpha value is -2.43. The third kappa shape index (κ3) is 3.07. The number of pyridine rings is 1. The molecule has 19 heavy (non-hydrogen) atoms. The fourth-order valence-electron chi connectivity index (χ4n) is 1.59. The van der Waals surface area contributed by atoms with Crippen LogP contribution in [0.3, 0.4) is 0 Å². The average Bonchev–Trinajstić information content (AvgIpc) is 2.40. The van der Waals surface area contributed by atoms with Gasteiger partial charge < -0.3 is 10.5 Å². The molecule has 0 fully saturated rings. The Morgan fingerprint density at radius 2 is 2.16 bits per heavy atom. The molecule has 0 aliphatic heterocycles. The van der Waals surface area contributed by atoms with E-state index in [9.17, 15) is 9.18 Å². The number of rotatable bonds is 3. The summed E-state index contributed by atoms with van der Waals surface area (Å²) in [5.41, 5.74) is 7.08. The first-order valence-electron chi connectivity index (χ1n) is 5.70. The van der Waals surface area contributed by atoms with E-state index < -0.39 is 11.8 Å². The van der Waals surface area contributed by atoms with E-state index in [0.29, 0.717) is 16.9 Å². The number of esters is 1. The fraction of sp³-hybridized carbons (Fsp3) is 0.143. The van der Waals surface area contributed by atoms with Gasteiger partial charge in [0.25, 0.3) is 0 Å². The normalized spacial score (nSPS) is 10.2. The number of aryl methyl sites for hydroxylation is 1. The highest BCUT2D eigenvalue weighted by Crippen LogP contribution is 2.13. The van der Waals surface area contributed by atoms with Crippen LogP contribution in [0.1, 0.15) is 21.6 Å². The second-order valence-electron chi connectivity index (χ2n) is 4.07. The van der Waals surface area contributed by atoms with Gasteiger partial charge >= 0.3 is 5.97 Å². The second-order valence-corrected chi connectivity index (χ2v) is 4.07. The summed E-state index contributed by atoms with van der Waals surface area (Å²) in [6, 6.07) is 7.63. The Morgan fingerprint density at radius 1 is 1.42 bits per heavy atom. The number of benzene rings is 1. The predicted molar refractivity (Wildman–Crippen MR) is 68.9 cm³/mol. The minimum Gasteiger partial charge on any atom is -0.457 e. The molecule has 2 aromatic rings. The molecular weight excluding hydrogens is 247 g/mol. The summed E-state index contributed by atoms with van der Waals surface area (Å²) in [5.74, 6) is -0.974. The quantitative estimate of drug-likeness (QED) is 0.861. The van der Waals surface area contributed by atoms with Crippen LogP contribution in [0.15, 0.2) is 36.5 Å². The number of ether oxygens (including phenoxy) is 1. The van der Waals surface area contributed by atoms with Gasteiger partial charge in [-0.2, -0.15) is 0 Å². The molecule has 1 heterocycles. The number of nitrogens with two attached hydrogens (primary N) is 1. The Kier molecular flexibility index (Phi) is 3.75. The Balaban J connectivity index is 2.10. The number of hydrogen-bond donors (Lipinski definition) is 1. The highest BCUT2D eigenvalue weighted by atomic mass is 19.1. The molecular formula is C14H13FN2O2. The van der Waals surface area contributed by atoms with E-state index in [1.54, 1.807) is 25.1 Å². The first kappa shape index (κ1) is 13.0. The molecule has 2 N–H and O–H groups in total. The molecule has 0 saturated carbocycles. The monoisotopic (exact) mass is 260 g/mol. The zero-order chi connectivity index (χ0) is 13.8. The Bertz CT molecular complexity index is 614. The van der Waals surface area contributed by atoms with E-state index in [-0.39, 0.29) is 12.2 Å². The standard InChI is InChI=1S/C14H13FN2O2/c1-9-12(6-11(16)7-17-9)14(18)19-8-10-4-2-3-5-13(10)15/h2-7H,8,16H2,1H3. The third-order valence-corrected chi connectivity index (χ3v) is 2.64. The molecule has 0 aliphatic carbocycles. The molecule has 0 saturated heterocycles. The van der Waals surface area contributed by atoms with Crippen LogP contribution in [-0.2, 0) is 11.3 Å². The van der Waals surface area contributed by atoms with Crippen LogP contribution in [0.2, 0.25) is 0 Å². The molecule has 0 atom stereocenters. The van der Waals surface area contributed by atoms with E-state index in [1.807, 2.05) is 0 Å². The van der Waals surface area contributed by atoms with Gasteiger partial charge in [0.15, 0.2) is 0 Å². The molecule has 0 aliphatic rings. The maximum Gasteiger partial charge on any atom is 0.340 e. The zero-order valence-electron chi connectivity index (χ0n) is 10.4. The second kappa shape index (κ2) is 5.48. The van der Waals surface area contributed by atoms with Crippen molar-refractivity contribution >= 4 is 11.7 Å². The highest BCUT2D eigenvalue weighted by Gasteiger charge is 2.13. The lowest BCUT2D eigenvalue weighted by Gasteiger charge is -2.08. The maximum atomic E-state index is 13.4. The smallest absolute Gasteiger partial charge is 0.340 e. The number of nitrogens with zero attached hydrogens (tertiary/aromatic N) is 1. The molecule has 98 valence electrons. The number of anilines is 1. The van der Waals surface area contributed by atoms with Gasteiger partial charge in [-0.1, -0.05) is 18.2 Å². The van der Waals surface area contributed by atoms with Crippen LogP contribution in [0.25, 0.3) is 0 Å². The van der Waals surface area contributed by atoms with E-state index in [0.717, 1.165) is 0 Å². The van der Waals surface area contributed by atoms with Crippen molar-refractivity contribution in [1.82, 2.24) is 4.98 Å². The van der Waals surface area contributed by atoms with Crippen LogP contribution in [0, 0.1) is 12.7 Å². The molecule has 0 bridgehead atoms. The molecule has 0 amide bonds. The van der Waals surface area contributed by atoms with Gasteiger partial charge in [-0.25, -0.2) is 9.18 Å². The number of carbonyl (C=O) groups excluding carboxylic acids is 1. The molecule has 0 unspecified atom stereocenters. The summed E-state index contributed by atoms with van der Waals surface area (Å²) in [4.78, 5) is 15.8. The first-order valence-corrected chi connectivity index (χ1v) is 5.70. The van der Waals surface area contributed by atoms with Crippen LogP contribution in [0.4, 0.5) is 10.1 Å². The number of hydrogen-bond acceptors (Lipinski definition) is 4. The van der Waals surface area contributed by atoms with Crippen LogP contribution < -0.4 is 5.73 Å². The largest absolute Gasteiger partial charge is 0.457 e. The van der Waals surface area contributed by atoms with Crippen molar-refractivity contribution in [1.29, 1.82) is 0 Å². The van der Waals surface area contributed by atoms with E-state index in [2.05, 4.69) is 4.98 Å². The van der Waals surface area contributed by atoms with Crippen molar-refractivity contribution in [3.8, 4) is 0 Å². The SMILES string of the molecule is Cc1ncc(N)cc1C(=O)OCc1ccccc1F. The average molecular weight is 260 g/mol. The van der Waals surface area contributed by atoms with Crippen molar-refractivity contribution in [3.63, 3.8) is 0 Å². The lowest BCUT2D eigenvalue weighted by molar-refractivity contribution is 0.0467. The van der Waals surface area contributed by atoms with Crippen LogP contribution in [0.5, 0.6) is 0 Å². The summed E-state index contributed by atoms with van der Waals surface area (Å²) in [6.07, 6.45) is 1.46. The van der Waals surface area contributed by atoms with Gasteiger partial charge in [-0.3, -0.25) is 4.98 Å². The Labute approximate surface area is 110 Å². The van der Waals surface area contributed by atoms with Crippen molar-refractivity contribution in [2.75, 3.05) is 5.73 Å². The van der Waals surface area contributed by atoms with Gasteiger partial charge in [-0.15, -0.1) is 0 Å². The van der Waals surface area contributed by atoms with Gasteiger partial charge in [-0.05, 0) is 19.1 Å². The van der Waals surface area contributed by atoms with Gasteiger partial charge in [0.05, 0.1) is 23.1 Å². The van der Waals surface area contributed by atoms with Crippen molar-refractivity contribution in [2.45, 2.75) is 13.5 Å². The van der Waals surface area contributed by atoms with Crippen LogP contribution in [-0.4, -0.2) is 11.0 Å². The van der Waals surface area contributed by atoms with Gasteiger partial charge in [0.1, 0.15) is 12.4 Å². The minimum absolute atomic E-state index is 0.125. The lowest BCUT2D eigenvalue weighted by Crippen LogP contribution is -2.09. The first-order chi connectivity index (χ1) is 9.08. The van der Waals surface area contributed by atoms with Crippen LogP contribution >= 0.6 is 0 Å². The van der Waals surface area contributed by atoms with Crippen molar-refractivity contribution in [2.24, 2.45) is 0 Å². The number of halogens is 1. The summed E-state index contributed by atoms with van der Waals surface area (Å²) in [7, 11) is 0. The topological polar surface area (TPSA) is 65.2 Å². The molecule has 1 aromatic carbocycles. The minimum atomic E-state index is -0.569. The number of aromatic nitrogens is 1. The molecule has 0 radical (unpaired) electrons. The summed E-state index contributed by atoms with van der Waals surface area (Å²) < 4.78 is 18.4. The van der Waals surface area contributed by atoms with E-state index in [1.165, 1.54) is 18.3 Å². The van der Waals surface area contributed by atoms with E-state index >= 15 is 0 Å². The van der Waals surface area contributed by atoms with Gasteiger partial charge in [0.2, 0.25) is 0 Å². The summed E-state index contributed by atoms with van der Waals surface area (Å²) >= 11 is 0. The fourth-order valence-corrected chi connectivity index (χ4v) is 1.59. The molecule has 0 spiro atoms. The van der Waals surface area contributed by atoms with Gasteiger partial charge in [0, 0.05) is 5.56 Å². The molecule has 5 heteroatoms. The predicted octanol–water partition coefficient (Wildman–Crippen LogP) is 2.47. The molecule has 1 aromatic heterocycles. The maximum absolute atomic E-state index is 13.4. The zero-order valence-corrected chi connectivity index (χ0v) is 10.4. The lowest BCUT2D eigenvalue weighted by atomic mass is 10.2. The number of carbonyl (C=O) groups is 1. The van der Waals surface area contributed by atoms with E-state index in [4.69, 9.17) is 10.5 Å². The summed E-state index contributed by atoms with van der Waals surface area (Å²) in [6.45, 7) is 1.55. The highest BCUT2D eigenvalue weighted by molar-refractivity contribution is 5.91. The third-order valence-electron chi connectivity index (χ3n) is 2.64. The molecule has 4 nitrogen and oxygen atoms in total.